The van der Waals surface area contributed by atoms with Crippen molar-refractivity contribution in [1.82, 2.24) is 0 Å². The predicted molar refractivity (Wildman–Crippen MR) is 92.9 cm³/mol. The zero-order chi connectivity index (χ0) is 16.8. The van der Waals surface area contributed by atoms with Crippen LogP contribution in [-0.4, -0.2) is 32.3 Å². The first-order valence-corrected chi connectivity index (χ1v) is 10.4. The second-order valence-electron chi connectivity index (χ2n) is 5.90. The Balaban J connectivity index is 4.23. The maximum Gasteiger partial charge on any atom is 0.333 e. The van der Waals surface area contributed by atoms with Crippen LogP contribution in [0.3, 0.4) is 0 Å². The van der Waals surface area contributed by atoms with E-state index >= 15 is 0 Å². The summed E-state index contributed by atoms with van der Waals surface area (Å²) < 4.78 is 5.53. The molecule has 0 aromatic heterocycles. The van der Waals surface area contributed by atoms with E-state index in [-0.39, 0.29) is 17.7 Å². The molecule has 0 aliphatic heterocycles. The fourth-order valence-electron chi connectivity index (χ4n) is 2.35. The molecule has 1 unspecified atom stereocenters. The molecule has 0 amide bonds. The van der Waals surface area contributed by atoms with E-state index in [1.807, 2.05) is 0 Å². The summed E-state index contributed by atoms with van der Waals surface area (Å²) in [5.74, 6) is -1.56. The molecule has 4 nitrogen and oxygen atoms in total. The van der Waals surface area contributed by atoms with Crippen LogP contribution in [0.4, 0.5) is 0 Å². The molecule has 0 radical (unpaired) electrons. The van der Waals surface area contributed by atoms with E-state index in [1.54, 1.807) is 0 Å². The van der Waals surface area contributed by atoms with E-state index in [4.69, 9.17) is 9.84 Å². The van der Waals surface area contributed by atoms with Crippen LogP contribution < -0.4 is 0 Å². The summed E-state index contributed by atoms with van der Waals surface area (Å²) in [5, 5.41) is 8.70. The van der Waals surface area contributed by atoms with Crippen LogP contribution >= 0.6 is 0 Å². The van der Waals surface area contributed by atoms with Crippen LogP contribution in [0.15, 0.2) is 12.2 Å². The van der Waals surface area contributed by atoms with Crippen LogP contribution in [0.2, 0.25) is 6.04 Å². The van der Waals surface area contributed by atoms with E-state index in [1.165, 1.54) is 31.7 Å². The SMILES string of the molecule is C=C(CC(=O)O)C(=O)OC(CCCCC)[SiH2]CCCCCC. The highest BCUT2D eigenvalue weighted by molar-refractivity contribution is 6.37. The highest BCUT2D eigenvalue weighted by Gasteiger charge is 2.18. The monoisotopic (exact) mass is 328 g/mol. The smallest absolute Gasteiger partial charge is 0.333 e. The fourth-order valence-corrected chi connectivity index (χ4v) is 4.29. The third kappa shape index (κ3) is 11.5. The van der Waals surface area contributed by atoms with Gasteiger partial charge >= 0.3 is 11.9 Å². The molecule has 5 heteroatoms. The Morgan fingerprint density at radius 1 is 1.09 bits per heavy atom. The van der Waals surface area contributed by atoms with Gasteiger partial charge in [-0.25, -0.2) is 4.79 Å². The normalized spacial score (nSPS) is 12.5. The molecule has 0 aromatic carbocycles. The molecule has 0 aliphatic carbocycles. The second-order valence-corrected chi connectivity index (χ2v) is 8.10. The van der Waals surface area contributed by atoms with Crippen molar-refractivity contribution >= 4 is 21.5 Å². The van der Waals surface area contributed by atoms with Gasteiger partial charge in [-0.2, -0.15) is 0 Å². The minimum Gasteiger partial charge on any atom is -0.481 e. The van der Waals surface area contributed by atoms with Gasteiger partial charge < -0.3 is 9.84 Å². The van der Waals surface area contributed by atoms with Crippen molar-refractivity contribution in [2.24, 2.45) is 0 Å². The van der Waals surface area contributed by atoms with Gasteiger partial charge in [0.05, 0.1) is 21.7 Å². The van der Waals surface area contributed by atoms with Crippen LogP contribution in [0.5, 0.6) is 0 Å². The Hall–Kier alpha value is -1.10. The van der Waals surface area contributed by atoms with E-state index in [9.17, 15) is 9.59 Å². The molecule has 128 valence electrons. The van der Waals surface area contributed by atoms with E-state index in [0.29, 0.717) is 0 Å². The third-order valence-corrected chi connectivity index (χ3v) is 5.81. The maximum atomic E-state index is 11.9. The van der Waals surface area contributed by atoms with Gasteiger partial charge in [-0.05, 0) is 6.42 Å². The lowest BCUT2D eigenvalue weighted by Crippen LogP contribution is -2.26. The number of carboxylic acids is 1. The lowest BCUT2D eigenvalue weighted by molar-refractivity contribution is -0.144. The molecule has 1 N–H and O–H groups in total. The number of rotatable bonds is 14. The average Bonchev–Trinajstić information content (AvgIpc) is 2.46. The number of esters is 1. The Kier molecular flexibility index (Phi) is 12.9. The number of hydrogen-bond donors (Lipinski definition) is 1. The third-order valence-electron chi connectivity index (χ3n) is 3.69. The number of carboxylic acid groups (broad SMARTS) is 1. The minimum absolute atomic E-state index is 0.0335. The van der Waals surface area contributed by atoms with Crippen molar-refractivity contribution in [2.45, 2.75) is 83.4 Å². The Bertz CT molecular complexity index is 342. The molecule has 22 heavy (non-hydrogen) atoms. The van der Waals surface area contributed by atoms with Crippen molar-refractivity contribution in [3.8, 4) is 0 Å². The number of hydrogen-bond acceptors (Lipinski definition) is 3. The highest BCUT2D eigenvalue weighted by atomic mass is 28.2. The number of ether oxygens (including phenoxy) is 1. The average molecular weight is 329 g/mol. The first-order valence-electron chi connectivity index (χ1n) is 8.61. The quantitative estimate of drug-likeness (QED) is 0.229. The van der Waals surface area contributed by atoms with Gasteiger partial charge in [0.25, 0.3) is 0 Å². The molecule has 0 aliphatic rings. The molecule has 0 saturated carbocycles. The molecule has 0 rings (SSSR count). The molecule has 1 atom stereocenters. The Morgan fingerprint density at radius 3 is 2.32 bits per heavy atom. The summed E-state index contributed by atoms with van der Waals surface area (Å²) in [4.78, 5) is 22.5. The summed E-state index contributed by atoms with van der Waals surface area (Å²) in [6.07, 6.45) is 8.91. The van der Waals surface area contributed by atoms with E-state index in [0.717, 1.165) is 25.7 Å². The molecule has 0 saturated heterocycles. The summed E-state index contributed by atoms with van der Waals surface area (Å²) in [5.41, 5.74) is 0.0826. The van der Waals surface area contributed by atoms with E-state index < -0.39 is 21.5 Å². The lowest BCUT2D eigenvalue weighted by atomic mass is 10.2. The van der Waals surface area contributed by atoms with Crippen LogP contribution in [-0.2, 0) is 14.3 Å². The molecule has 0 bridgehead atoms. The molecule has 0 aromatic rings. The van der Waals surface area contributed by atoms with Crippen molar-refractivity contribution in [3.05, 3.63) is 12.2 Å². The van der Waals surface area contributed by atoms with Gasteiger partial charge in [-0.3, -0.25) is 4.79 Å². The first-order chi connectivity index (χ1) is 10.5. The van der Waals surface area contributed by atoms with Crippen molar-refractivity contribution < 1.29 is 19.4 Å². The number of carbonyl (C=O) groups excluding carboxylic acids is 1. The predicted octanol–water partition coefficient (Wildman–Crippen LogP) is 3.63. The molecular weight excluding hydrogens is 296 g/mol. The molecule has 0 fully saturated rings. The molecule has 0 spiro atoms. The van der Waals surface area contributed by atoms with Gasteiger partial charge in [0.15, 0.2) is 0 Å². The Labute approximate surface area is 137 Å². The van der Waals surface area contributed by atoms with Crippen LogP contribution in [0.25, 0.3) is 0 Å². The van der Waals surface area contributed by atoms with Crippen molar-refractivity contribution in [3.63, 3.8) is 0 Å². The number of carbonyl (C=O) groups is 2. The first kappa shape index (κ1) is 20.9. The maximum absolute atomic E-state index is 11.9. The van der Waals surface area contributed by atoms with Crippen molar-refractivity contribution in [2.75, 3.05) is 0 Å². The zero-order valence-electron chi connectivity index (χ0n) is 14.2. The summed E-state index contributed by atoms with van der Waals surface area (Å²) in [6, 6.07) is 1.19. The fraction of sp³-hybridized carbons (Fsp3) is 0.765. The summed E-state index contributed by atoms with van der Waals surface area (Å²) >= 11 is 0. The second kappa shape index (κ2) is 13.6. The largest absolute Gasteiger partial charge is 0.481 e. The minimum atomic E-state index is -1.04. The van der Waals surface area contributed by atoms with E-state index in [2.05, 4.69) is 20.4 Å². The summed E-state index contributed by atoms with van der Waals surface area (Å²) in [6.45, 7) is 7.87. The zero-order valence-corrected chi connectivity index (χ0v) is 15.6. The number of aliphatic carboxylic acids is 1. The molecular formula is C17H32O4Si. The van der Waals surface area contributed by atoms with Gasteiger partial charge in [0.2, 0.25) is 0 Å². The van der Waals surface area contributed by atoms with Crippen LogP contribution in [0.1, 0.15) is 71.6 Å². The standard InChI is InChI=1S/C17H32O4Si/c1-4-6-8-10-12-22-16(11-9-7-5-2)21-17(20)14(3)13-15(18)19/h16H,3-13,22H2,1-2H3,(H,18,19). The Morgan fingerprint density at radius 2 is 1.73 bits per heavy atom. The van der Waals surface area contributed by atoms with Gasteiger partial charge in [0, 0.05) is 5.57 Å². The van der Waals surface area contributed by atoms with Crippen molar-refractivity contribution in [1.29, 1.82) is 0 Å². The lowest BCUT2D eigenvalue weighted by Gasteiger charge is -2.18. The van der Waals surface area contributed by atoms with Gasteiger partial charge in [0.1, 0.15) is 0 Å². The number of unbranched alkanes of at least 4 members (excludes halogenated alkanes) is 5. The van der Waals surface area contributed by atoms with Gasteiger partial charge in [-0.15, -0.1) is 0 Å². The van der Waals surface area contributed by atoms with Gasteiger partial charge in [-0.1, -0.05) is 71.4 Å². The highest BCUT2D eigenvalue weighted by Crippen LogP contribution is 2.13. The topological polar surface area (TPSA) is 63.6 Å². The summed E-state index contributed by atoms with van der Waals surface area (Å²) in [7, 11) is -0.464. The molecule has 0 heterocycles. The van der Waals surface area contributed by atoms with Crippen LogP contribution in [0, 0.1) is 0 Å².